The van der Waals surface area contributed by atoms with Crippen molar-refractivity contribution >= 4 is 11.9 Å². The molecule has 0 aromatic carbocycles. The molecule has 0 spiro atoms. The molecule has 0 bridgehead atoms. The highest BCUT2D eigenvalue weighted by Gasteiger charge is 2.16. The molecule has 0 fully saturated rings. The Morgan fingerprint density at radius 2 is 0.714 bits per heavy atom. The number of esters is 2. The topological polar surface area (TPSA) is 72.8 Å². The molecule has 5 nitrogen and oxygen atoms in total. The van der Waals surface area contributed by atoms with E-state index in [0.717, 1.165) is 116 Å². The first-order valence-corrected chi connectivity index (χ1v) is 22.1. The van der Waals surface area contributed by atoms with E-state index in [9.17, 15) is 14.7 Å². The molecule has 0 heterocycles. The van der Waals surface area contributed by atoms with Crippen LogP contribution in [0.1, 0.15) is 168 Å². The summed E-state index contributed by atoms with van der Waals surface area (Å²) in [6.45, 7) is 3.86. The molecule has 0 aliphatic heterocycles. The normalized spacial score (nSPS) is 13.4. The van der Waals surface area contributed by atoms with Crippen LogP contribution in [0.4, 0.5) is 0 Å². The molecular weight excluding hydrogens is 693 g/mol. The first-order valence-electron chi connectivity index (χ1n) is 22.1. The van der Waals surface area contributed by atoms with Crippen LogP contribution in [0.25, 0.3) is 0 Å². The molecule has 0 aliphatic carbocycles. The molecule has 0 aromatic heterocycles. The highest BCUT2D eigenvalue weighted by molar-refractivity contribution is 5.70. The van der Waals surface area contributed by atoms with Gasteiger partial charge in [0.25, 0.3) is 0 Å². The Morgan fingerprint density at radius 3 is 1.09 bits per heavy atom. The SMILES string of the molecule is CC/C=C\C/C=C\C/C=C\C/C=C\C/C=C\C/C=C\C/C=C\CCCCCC(=O)OC(CO)COC(=O)CCCCCCCCC/C=C\C/C=C\C/C=C\CC. The van der Waals surface area contributed by atoms with E-state index < -0.39 is 6.10 Å². The summed E-state index contributed by atoms with van der Waals surface area (Å²) < 4.78 is 10.6. The average molecular weight is 773 g/mol. The fraction of sp³-hybridized carbons (Fsp3) is 0.569. The van der Waals surface area contributed by atoms with E-state index in [-0.39, 0.29) is 25.2 Å². The van der Waals surface area contributed by atoms with E-state index in [1.165, 1.54) is 25.7 Å². The summed E-state index contributed by atoms with van der Waals surface area (Å²) >= 11 is 0. The third-order valence-electron chi connectivity index (χ3n) is 8.75. The number of hydrogen-bond donors (Lipinski definition) is 1. The summed E-state index contributed by atoms with van der Waals surface area (Å²) in [5, 5.41) is 9.59. The number of aliphatic hydroxyl groups is 1. The maximum Gasteiger partial charge on any atom is 0.306 e. The predicted molar refractivity (Wildman–Crippen MR) is 241 cm³/mol. The highest BCUT2D eigenvalue weighted by atomic mass is 16.6. The Labute approximate surface area is 343 Å². The lowest BCUT2D eigenvalue weighted by Crippen LogP contribution is -2.28. The van der Waals surface area contributed by atoms with Gasteiger partial charge in [-0.25, -0.2) is 0 Å². The maximum atomic E-state index is 12.2. The number of unbranched alkanes of at least 4 members (excludes halogenated alkanes) is 10. The number of allylic oxidation sites excluding steroid dienone is 20. The van der Waals surface area contributed by atoms with Crippen LogP contribution in [0, 0.1) is 0 Å². The van der Waals surface area contributed by atoms with Crippen molar-refractivity contribution in [3.63, 3.8) is 0 Å². The predicted octanol–water partition coefficient (Wildman–Crippen LogP) is 14.4. The van der Waals surface area contributed by atoms with E-state index in [4.69, 9.17) is 9.47 Å². The largest absolute Gasteiger partial charge is 0.462 e. The Balaban J connectivity index is 3.69. The number of aliphatic hydroxyl groups excluding tert-OH is 1. The van der Waals surface area contributed by atoms with Crippen LogP contribution < -0.4 is 0 Å². The second-order valence-corrected chi connectivity index (χ2v) is 14.0. The fourth-order valence-corrected chi connectivity index (χ4v) is 5.49. The minimum Gasteiger partial charge on any atom is -0.462 e. The maximum absolute atomic E-state index is 12.2. The van der Waals surface area contributed by atoms with E-state index >= 15 is 0 Å². The molecule has 0 amide bonds. The number of hydrogen-bond acceptors (Lipinski definition) is 5. The number of rotatable bonds is 38. The van der Waals surface area contributed by atoms with Gasteiger partial charge in [-0.3, -0.25) is 9.59 Å². The lowest BCUT2D eigenvalue weighted by molar-refractivity contribution is -0.161. The Hall–Kier alpha value is -3.70. The minimum absolute atomic E-state index is 0.0936. The minimum atomic E-state index is -0.803. The summed E-state index contributed by atoms with van der Waals surface area (Å²) in [4.78, 5) is 24.3. The fourth-order valence-electron chi connectivity index (χ4n) is 5.49. The Bertz CT molecular complexity index is 1190. The zero-order valence-corrected chi connectivity index (χ0v) is 35.6. The van der Waals surface area contributed by atoms with Gasteiger partial charge >= 0.3 is 11.9 Å². The van der Waals surface area contributed by atoms with Gasteiger partial charge in [0, 0.05) is 12.8 Å². The number of ether oxygens (including phenoxy) is 2. The van der Waals surface area contributed by atoms with Crippen LogP contribution in [0.3, 0.4) is 0 Å². The Morgan fingerprint density at radius 1 is 0.411 bits per heavy atom. The van der Waals surface area contributed by atoms with Crippen LogP contribution in [0.2, 0.25) is 0 Å². The lowest BCUT2D eigenvalue weighted by Gasteiger charge is -2.15. The molecule has 314 valence electrons. The van der Waals surface area contributed by atoms with Crippen LogP contribution in [-0.4, -0.2) is 36.4 Å². The van der Waals surface area contributed by atoms with E-state index in [1.54, 1.807) is 0 Å². The average Bonchev–Trinajstić information content (AvgIpc) is 3.20. The van der Waals surface area contributed by atoms with Gasteiger partial charge in [-0.2, -0.15) is 0 Å². The molecule has 1 N–H and O–H groups in total. The van der Waals surface area contributed by atoms with Crippen molar-refractivity contribution in [2.45, 2.75) is 174 Å². The third-order valence-corrected chi connectivity index (χ3v) is 8.75. The van der Waals surface area contributed by atoms with Gasteiger partial charge in [0.15, 0.2) is 6.10 Å². The Kier molecular flexibility index (Phi) is 42.7. The molecule has 0 rings (SSSR count). The molecule has 0 aliphatic rings. The molecule has 1 unspecified atom stereocenters. The molecule has 0 aromatic rings. The van der Waals surface area contributed by atoms with Crippen molar-refractivity contribution < 1.29 is 24.2 Å². The van der Waals surface area contributed by atoms with Gasteiger partial charge in [0.2, 0.25) is 0 Å². The van der Waals surface area contributed by atoms with E-state index in [0.29, 0.717) is 12.8 Å². The van der Waals surface area contributed by atoms with Gasteiger partial charge in [-0.1, -0.05) is 174 Å². The summed E-state index contributed by atoms with van der Waals surface area (Å²) in [5.74, 6) is -0.653. The second kappa shape index (κ2) is 45.7. The molecule has 56 heavy (non-hydrogen) atoms. The zero-order chi connectivity index (χ0) is 40.7. The van der Waals surface area contributed by atoms with Gasteiger partial charge < -0.3 is 14.6 Å². The van der Waals surface area contributed by atoms with Crippen molar-refractivity contribution in [1.82, 2.24) is 0 Å². The van der Waals surface area contributed by atoms with Crippen LogP contribution >= 0.6 is 0 Å². The highest BCUT2D eigenvalue weighted by Crippen LogP contribution is 2.12. The van der Waals surface area contributed by atoms with Crippen molar-refractivity contribution in [2.75, 3.05) is 13.2 Å². The van der Waals surface area contributed by atoms with Crippen molar-refractivity contribution in [3.05, 3.63) is 122 Å². The van der Waals surface area contributed by atoms with Gasteiger partial charge in [-0.05, 0) is 103 Å². The second-order valence-electron chi connectivity index (χ2n) is 14.0. The number of carbonyl (C=O) groups is 2. The van der Waals surface area contributed by atoms with E-state index in [2.05, 4.69) is 135 Å². The summed E-state index contributed by atoms with van der Waals surface area (Å²) in [5.41, 5.74) is 0. The first-order chi connectivity index (χ1) is 27.6. The van der Waals surface area contributed by atoms with Crippen molar-refractivity contribution in [3.8, 4) is 0 Å². The standard InChI is InChI=1S/C51H80O5/c1-3-5-7-9-11-13-15-17-19-21-22-23-24-25-26-27-28-30-32-34-36-38-40-42-44-46-51(54)56-49(47-52)48-55-50(53)45-43-41-39-37-35-33-31-29-20-18-16-14-12-10-8-6-4-2/h5-8,11-14,17-20,22-23,25-26,28,30,34,36,49,52H,3-4,9-10,15-16,21,24,27,29,31-33,35,37-48H2,1-2H3/b7-5-,8-6-,13-11-,14-12-,19-17-,20-18-,23-22-,26-25-,30-28-,36-34-. The molecule has 0 saturated carbocycles. The lowest BCUT2D eigenvalue weighted by atomic mass is 10.1. The van der Waals surface area contributed by atoms with Gasteiger partial charge in [-0.15, -0.1) is 0 Å². The summed E-state index contributed by atoms with van der Waals surface area (Å²) in [7, 11) is 0. The van der Waals surface area contributed by atoms with Crippen LogP contribution in [0.5, 0.6) is 0 Å². The van der Waals surface area contributed by atoms with Gasteiger partial charge in [0.1, 0.15) is 6.61 Å². The van der Waals surface area contributed by atoms with Gasteiger partial charge in [0.05, 0.1) is 6.61 Å². The quantitative estimate of drug-likeness (QED) is 0.0384. The molecule has 0 radical (unpaired) electrons. The van der Waals surface area contributed by atoms with E-state index in [1.807, 2.05) is 0 Å². The van der Waals surface area contributed by atoms with Crippen LogP contribution in [-0.2, 0) is 19.1 Å². The molecular formula is C51H80O5. The molecule has 0 saturated heterocycles. The first kappa shape index (κ1) is 52.3. The third kappa shape index (κ3) is 43.0. The summed E-state index contributed by atoms with van der Waals surface area (Å²) in [6, 6.07) is 0. The molecule has 5 heteroatoms. The summed E-state index contributed by atoms with van der Waals surface area (Å²) in [6.07, 6.45) is 66.9. The molecule has 1 atom stereocenters. The number of carbonyl (C=O) groups excluding carboxylic acids is 2. The van der Waals surface area contributed by atoms with Crippen molar-refractivity contribution in [1.29, 1.82) is 0 Å². The monoisotopic (exact) mass is 773 g/mol. The smallest absolute Gasteiger partial charge is 0.306 e. The van der Waals surface area contributed by atoms with Crippen LogP contribution in [0.15, 0.2) is 122 Å². The zero-order valence-electron chi connectivity index (χ0n) is 35.6. The van der Waals surface area contributed by atoms with Crippen molar-refractivity contribution in [2.24, 2.45) is 0 Å².